The third-order valence-corrected chi connectivity index (χ3v) is 3.12. The molecule has 3 nitrogen and oxygen atoms in total. The highest BCUT2D eigenvalue weighted by molar-refractivity contribution is 5.73. The first-order valence-electron chi connectivity index (χ1n) is 7.06. The van der Waals surface area contributed by atoms with E-state index in [4.69, 9.17) is 10.2 Å². The minimum atomic E-state index is -0.267. The van der Waals surface area contributed by atoms with Crippen LogP contribution in [0.25, 0.3) is 0 Å². The Hall–Kier alpha value is -1.25. The molecule has 0 bridgehead atoms. The molecule has 3 heteroatoms. The Labute approximate surface area is 110 Å². The molecule has 0 saturated heterocycles. The van der Waals surface area contributed by atoms with Crippen LogP contribution >= 0.6 is 0 Å². The van der Waals surface area contributed by atoms with Crippen LogP contribution in [0.4, 0.5) is 0 Å². The van der Waals surface area contributed by atoms with Gasteiger partial charge >= 0.3 is 0 Å². The average Bonchev–Trinajstić information content (AvgIpc) is 2.73. The van der Waals surface area contributed by atoms with E-state index >= 15 is 0 Å². The van der Waals surface area contributed by atoms with E-state index in [1.165, 1.54) is 24.8 Å². The Morgan fingerprint density at radius 1 is 1.17 bits per heavy atom. The predicted octanol–water partition coefficient (Wildman–Crippen LogP) is 3.38. The van der Waals surface area contributed by atoms with Crippen LogP contribution < -0.4 is 5.73 Å². The summed E-state index contributed by atoms with van der Waals surface area (Å²) in [6, 6.07) is 2.11. The number of aryl methyl sites for hydroxylation is 3. The van der Waals surface area contributed by atoms with Gasteiger partial charge in [-0.15, -0.1) is 0 Å². The fraction of sp³-hybridized carbons (Fsp3) is 0.667. The number of nitrogens with two attached hydrogens (primary N) is 1. The molecule has 0 aliphatic rings. The number of unbranched alkanes of at least 4 members (excludes halogenated alkanes) is 2. The number of primary amides is 1. The minimum Gasteiger partial charge on any atom is -0.466 e. The van der Waals surface area contributed by atoms with Gasteiger partial charge in [-0.25, -0.2) is 0 Å². The molecule has 102 valence electrons. The van der Waals surface area contributed by atoms with Crippen LogP contribution in [0.3, 0.4) is 0 Å². The summed E-state index contributed by atoms with van der Waals surface area (Å²) < 4.78 is 5.86. The zero-order valence-corrected chi connectivity index (χ0v) is 11.6. The monoisotopic (exact) mass is 251 g/mol. The molecule has 0 spiro atoms. The lowest BCUT2D eigenvalue weighted by Gasteiger charge is -2.00. The van der Waals surface area contributed by atoms with Crippen molar-refractivity contribution in [3.8, 4) is 0 Å². The summed E-state index contributed by atoms with van der Waals surface area (Å²) in [5.74, 6) is 1.76. The van der Waals surface area contributed by atoms with E-state index in [2.05, 4.69) is 19.9 Å². The highest BCUT2D eigenvalue weighted by Gasteiger charge is 2.11. The van der Waals surface area contributed by atoms with E-state index in [0.717, 1.165) is 30.8 Å². The van der Waals surface area contributed by atoms with Gasteiger partial charge in [0.05, 0.1) is 0 Å². The Kier molecular flexibility index (Phi) is 6.55. The van der Waals surface area contributed by atoms with Crippen LogP contribution in [-0.2, 0) is 24.1 Å². The Morgan fingerprint density at radius 3 is 2.44 bits per heavy atom. The quantitative estimate of drug-likeness (QED) is 0.731. The van der Waals surface area contributed by atoms with Gasteiger partial charge in [0.25, 0.3) is 0 Å². The van der Waals surface area contributed by atoms with Crippen molar-refractivity contribution in [3.63, 3.8) is 0 Å². The van der Waals surface area contributed by atoms with E-state index < -0.39 is 0 Å². The van der Waals surface area contributed by atoms with E-state index in [1.807, 2.05) is 0 Å². The molecule has 1 aromatic heterocycles. The second-order valence-electron chi connectivity index (χ2n) is 4.83. The molecule has 0 unspecified atom stereocenters. The van der Waals surface area contributed by atoms with Crippen LogP contribution in [-0.4, -0.2) is 5.91 Å². The predicted molar refractivity (Wildman–Crippen MR) is 73.4 cm³/mol. The number of hydrogen-bond donors (Lipinski definition) is 1. The molecular weight excluding hydrogens is 226 g/mol. The van der Waals surface area contributed by atoms with Crippen molar-refractivity contribution in [1.29, 1.82) is 0 Å². The van der Waals surface area contributed by atoms with Crippen molar-refractivity contribution in [2.24, 2.45) is 5.73 Å². The van der Waals surface area contributed by atoms with Crippen molar-refractivity contribution >= 4 is 5.91 Å². The fourth-order valence-corrected chi connectivity index (χ4v) is 2.03. The van der Waals surface area contributed by atoms with Gasteiger partial charge < -0.3 is 10.2 Å². The van der Waals surface area contributed by atoms with Crippen molar-refractivity contribution in [3.05, 3.63) is 23.2 Å². The number of amides is 1. The standard InChI is InChI=1S/C15H25NO2/c1-3-5-7-12-11-13(9-10-15(16)17)18-14(12)8-6-4-2/h11H,3-10H2,1-2H3,(H2,16,17). The number of rotatable bonds is 9. The van der Waals surface area contributed by atoms with E-state index in [9.17, 15) is 4.79 Å². The zero-order chi connectivity index (χ0) is 13.4. The Bertz CT molecular complexity index is 343. The molecule has 0 atom stereocenters. The summed E-state index contributed by atoms with van der Waals surface area (Å²) in [5, 5.41) is 0. The molecule has 0 radical (unpaired) electrons. The third kappa shape index (κ3) is 4.94. The molecule has 0 aliphatic heterocycles. The largest absolute Gasteiger partial charge is 0.466 e. The van der Waals surface area contributed by atoms with Crippen molar-refractivity contribution in [2.45, 2.75) is 65.2 Å². The van der Waals surface area contributed by atoms with Gasteiger partial charge in [0.15, 0.2) is 0 Å². The van der Waals surface area contributed by atoms with E-state index in [0.29, 0.717) is 12.8 Å². The van der Waals surface area contributed by atoms with Crippen LogP contribution in [0.15, 0.2) is 10.5 Å². The molecule has 0 aliphatic carbocycles. The number of hydrogen-bond acceptors (Lipinski definition) is 2. The topological polar surface area (TPSA) is 56.2 Å². The van der Waals surface area contributed by atoms with Crippen LogP contribution in [0, 0.1) is 0 Å². The highest BCUT2D eigenvalue weighted by atomic mass is 16.3. The fourth-order valence-electron chi connectivity index (χ4n) is 2.03. The second kappa shape index (κ2) is 7.96. The normalized spacial score (nSPS) is 10.8. The summed E-state index contributed by atoms with van der Waals surface area (Å²) in [6.45, 7) is 4.38. The highest BCUT2D eigenvalue weighted by Crippen LogP contribution is 2.21. The molecule has 1 amide bonds. The maximum Gasteiger partial charge on any atom is 0.217 e. The first-order valence-corrected chi connectivity index (χ1v) is 7.06. The molecule has 1 aromatic rings. The van der Waals surface area contributed by atoms with Gasteiger partial charge in [-0.2, -0.15) is 0 Å². The van der Waals surface area contributed by atoms with Gasteiger partial charge in [-0.05, 0) is 30.9 Å². The Morgan fingerprint density at radius 2 is 1.83 bits per heavy atom. The van der Waals surface area contributed by atoms with Gasteiger partial charge in [0.2, 0.25) is 5.91 Å². The molecule has 18 heavy (non-hydrogen) atoms. The molecule has 1 heterocycles. The summed E-state index contributed by atoms with van der Waals surface area (Å²) in [5.41, 5.74) is 6.49. The number of carbonyl (C=O) groups is 1. The number of carbonyl (C=O) groups excluding carboxylic acids is 1. The van der Waals surface area contributed by atoms with E-state index in [-0.39, 0.29) is 5.91 Å². The number of furan rings is 1. The summed E-state index contributed by atoms with van der Waals surface area (Å²) in [6.07, 6.45) is 7.78. The minimum absolute atomic E-state index is 0.267. The summed E-state index contributed by atoms with van der Waals surface area (Å²) >= 11 is 0. The van der Waals surface area contributed by atoms with E-state index in [1.54, 1.807) is 0 Å². The first-order chi connectivity index (χ1) is 8.67. The van der Waals surface area contributed by atoms with Crippen molar-refractivity contribution in [2.75, 3.05) is 0 Å². The van der Waals surface area contributed by atoms with Crippen LogP contribution in [0.1, 0.15) is 63.0 Å². The average molecular weight is 251 g/mol. The van der Waals surface area contributed by atoms with Crippen molar-refractivity contribution < 1.29 is 9.21 Å². The molecule has 0 aromatic carbocycles. The summed E-state index contributed by atoms with van der Waals surface area (Å²) in [4.78, 5) is 10.8. The SMILES string of the molecule is CCCCc1cc(CCC(N)=O)oc1CCCC. The smallest absolute Gasteiger partial charge is 0.217 e. The third-order valence-electron chi connectivity index (χ3n) is 3.12. The van der Waals surface area contributed by atoms with Crippen LogP contribution in [0.2, 0.25) is 0 Å². The second-order valence-corrected chi connectivity index (χ2v) is 4.83. The molecule has 0 saturated carbocycles. The molecular formula is C15H25NO2. The lowest BCUT2D eigenvalue weighted by molar-refractivity contribution is -0.118. The lowest BCUT2D eigenvalue weighted by atomic mass is 10.1. The zero-order valence-electron chi connectivity index (χ0n) is 11.6. The van der Waals surface area contributed by atoms with Gasteiger partial charge in [-0.3, -0.25) is 4.79 Å². The Balaban J connectivity index is 2.67. The van der Waals surface area contributed by atoms with Gasteiger partial charge in [0.1, 0.15) is 11.5 Å². The van der Waals surface area contributed by atoms with Gasteiger partial charge in [-0.1, -0.05) is 26.7 Å². The molecule has 1 rings (SSSR count). The maximum absolute atomic E-state index is 10.8. The maximum atomic E-state index is 10.8. The first kappa shape index (κ1) is 14.8. The molecule has 0 fully saturated rings. The lowest BCUT2D eigenvalue weighted by Crippen LogP contribution is -2.10. The molecule has 2 N–H and O–H groups in total. The van der Waals surface area contributed by atoms with Gasteiger partial charge in [0, 0.05) is 19.3 Å². The summed E-state index contributed by atoms with van der Waals surface area (Å²) in [7, 11) is 0. The van der Waals surface area contributed by atoms with Crippen molar-refractivity contribution in [1.82, 2.24) is 0 Å². The van der Waals surface area contributed by atoms with Crippen LogP contribution in [0.5, 0.6) is 0 Å².